The monoisotopic (exact) mass is 222 g/mol. The van der Waals surface area contributed by atoms with Gasteiger partial charge >= 0.3 is 0 Å². The molecule has 0 amide bonds. The van der Waals surface area contributed by atoms with Gasteiger partial charge in [0.1, 0.15) is 5.78 Å². The Labute approximate surface area is 97.7 Å². The van der Waals surface area contributed by atoms with Crippen LogP contribution in [0, 0.1) is 22.7 Å². The van der Waals surface area contributed by atoms with E-state index in [1.165, 1.54) is 0 Å². The van der Waals surface area contributed by atoms with Gasteiger partial charge in [0.2, 0.25) is 0 Å². The Morgan fingerprint density at radius 2 is 2.19 bits per heavy atom. The summed E-state index contributed by atoms with van der Waals surface area (Å²) in [6.07, 6.45) is 3.77. The number of aliphatic hydroxyl groups excluding tert-OH is 1. The molecule has 0 radical (unpaired) electrons. The van der Waals surface area contributed by atoms with Crippen LogP contribution in [0.5, 0.6) is 0 Å². The Morgan fingerprint density at radius 3 is 2.62 bits per heavy atom. The second-order valence-corrected chi connectivity index (χ2v) is 6.18. The molecule has 0 aliphatic heterocycles. The normalized spacial score (nSPS) is 42.4. The predicted octanol–water partition coefficient (Wildman–Crippen LogP) is 2.56. The van der Waals surface area contributed by atoms with Crippen molar-refractivity contribution in [3.63, 3.8) is 0 Å². The first kappa shape index (κ1) is 11.8. The lowest BCUT2D eigenvalue weighted by Gasteiger charge is -2.32. The van der Waals surface area contributed by atoms with Crippen molar-refractivity contribution in [2.24, 2.45) is 22.7 Å². The van der Waals surface area contributed by atoms with Crippen LogP contribution in [0.4, 0.5) is 0 Å². The van der Waals surface area contributed by atoms with E-state index < -0.39 is 6.10 Å². The molecule has 0 aromatic carbocycles. The maximum absolute atomic E-state index is 12.4. The number of Topliss-reactive ketones (excluding diaryl/α,β-unsaturated/α-hetero) is 1. The van der Waals surface area contributed by atoms with Gasteiger partial charge in [-0.25, -0.2) is 0 Å². The average molecular weight is 222 g/mol. The highest BCUT2D eigenvalue weighted by atomic mass is 16.3. The van der Waals surface area contributed by atoms with Crippen LogP contribution in [0.1, 0.15) is 40.0 Å². The molecule has 2 nitrogen and oxygen atoms in total. The number of rotatable bonds is 3. The molecule has 2 aliphatic carbocycles. The number of hydrogen-bond donors (Lipinski definition) is 1. The Kier molecular flexibility index (Phi) is 2.54. The lowest BCUT2D eigenvalue weighted by molar-refractivity contribution is -0.134. The van der Waals surface area contributed by atoms with Crippen LogP contribution in [-0.2, 0) is 4.79 Å². The highest BCUT2D eigenvalue weighted by Gasteiger charge is 2.67. The molecule has 0 aromatic heterocycles. The third kappa shape index (κ3) is 1.20. The van der Waals surface area contributed by atoms with Crippen molar-refractivity contribution in [3.05, 3.63) is 12.7 Å². The van der Waals surface area contributed by atoms with E-state index in [-0.39, 0.29) is 22.5 Å². The second kappa shape index (κ2) is 3.43. The van der Waals surface area contributed by atoms with Crippen LogP contribution in [0.15, 0.2) is 12.7 Å². The van der Waals surface area contributed by atoms with E-state index in [4.69, 9.17) is 0 Å². The number of fused-ring (bicyclic) bond motifs is 2. The van der Waals surface area contributed by atoms with Crippen LogP contribution in [-0.4, -0.2) is 17.0 Å². The van der Waals surface area contributed by atoms with Crippen LogP contribution < -0.4 is 0 Å². The molecular formula is C14H22O2. The van der Waals surface area contributed by atoms with E-state index in [0.29, 0.717) is 12.3 Å². The quantitative estimate of drug-likeness (QED) is 0.745. The molecule has 90 valence electrons. The molecule has 1 N–H and O–H groups in total. The van der Waals surface area contributed by atoms with Crippen molar-refractivity contribution in [3.8, 4) is 0 Å². The maximum atomic E-state index is 12.4. The van der Waals surface area contributed by atoms with Gasteiger partial charge in [-0.05, 0) is 30.6 Å². The van der Waals surface area contributed by atoms with Gasteiger partial charge in [-0.1, -0.05) is 26.8 Å². The zero-order valence-corrected chi connectivity index (χ0v) is 10.5. The highest BCUT2D eigenvalue weighted by molar-refractivity contribution is 5.92. The first-order chi connectivity index (χ1) is 7.36. The third-order valence-electron chi connectivity index (χ3n) is 5.41. The molecule has 0 aromatic rings. The fourth-order valence-corrected chi connectivity index (χ4v) is 3.92. The largest absolute Gasteiger partial charge is 0.392 e. The van der Waals surface area contributed by atoms with Gasteiger partial charge in [0, 0.05) is 11.3 Å². The van der Waals surface area contributed by atoms with Gasteiger partial charge in [0.15, 0.2) is 0 Å². The van der Waals surface area contributed by atoms with Crippen molar-refractivity contribution in [1.29, 1.82) is 0 Å². The number of ketones is 1. The van der Waals surface area contributed by atoms with Crippen molar-refractivity contribution >= 4 is 5.78 Å². The summed E-state index contributed by atoms with van der Waals surface area (Å²) in [4.78, 5) is 12.4. The van der Waals surface area contributed by atoms with Crippen molar-refractivity contribution in [2.45, 2.75) is 46.1 Å². The number of aliphatic hydroxyl groups is 1. The molecule has 2 heteroatoms. The van der Waals surface area contributed by atoms with Crippen LogP contribution >= 0.6 is 0 Å². The van der Waals surface area contributed by atoms with Gasteiger partial charge in [-0.3, -0.25) is 4.79 Å². The minimum Gasteiger partial charge on any atom is -0.392 e. The maximum Gasteiger partial charge on any atom is 0.145 e. The van der Waals surface area contributed by atoms with E-state index in [1.807, 2.05) is 0 Å². The van der Waals surface area contributed by atoms with Gasteiger partial charge in [0.05, 0.1) is 6.10 Å². The molecule has 2 bridgehead atoms. The van der Waals surface area contributed by atoms with E-state index in [0.717, 1.165) is 12.8 Å². The molecule has 16 heavy (non-hydrogen) atoms. The molecule has 4 atom stereocenters. The van der Waals surface area contributed by atoms with Crippen LogP contribution in [0.2, 0.25) is 0 Å². The Hall–Kier alpha value is -0.630. The third-order valence-corrected chi connectivity index (χ3v) is 5.41. The number of hydrogen-bond acceptors (Lipinski definition) is 2. The predicted molar refractivity (Wildman–Crippen MR) is 63.9 cm³/mol. The standard InChI is InChI=1S/C14H22O2/c1-5-6-10(15)11-9-7-8-14(4,12(11)16)13(9,2)3/h5,9-11,15H,1,6-8H2,2-4H3/t9-,10?,11?,14+/m0/s1. The fourth-order valence-electron chi connectivity index (χ4n) is 3.92. The average Bonchev–Trinajstić information content (AvgIpc) is 2.50. The van der Waals surface area contributed by atoms with Crippen molar-refractivity contribution in [1.82, 2.24) is 0 Å². The van der Waals surface area contributed by atoms with Crippen LogP contribution in [0.25, 0.3) is 0 Å². The van der Waals surface area contributed by atoms with Gasteiger partial charge in [-0.15, -0.1) is 6.58 Å². The zero-order valence-electron chi connectivity index (χ0n) is 10.5. The summed E-state index contributed by atoms with van der Waals surface area (Å²) in [5, 5.41) is 10.1. The Balaban J connectivity index is 2.33. The Morgan fingerprint density at radius 1 is 1.56 bits per heavy atom. The van der Waals surface area contributed by atoms with Gasteiger partial charge < -0.3 is 5.11 Å². The molecule has 2 fully saturated rings. The molecule has 2 rings (SSSR count). The summed E-state index contributed by atoms with van der Waals surface area (Å²) in [6.45, 7) is 10.1. The first-order valence-electron chi connectivity index (χ1n) is 6.19. The summed E-state index contributed by atoms with van der Waals surface area (Å²) in [5.41, 5.74) is -0.179. The molecule has 0 spiro atoms. The molecular weight excluding hydrogens is 200 g/mol. The number of carbonyl (C=O) groups excluding carboxylic acids is 1. The topological polar surface area (TPSA) is 37.3 Å². The fraction of sp³-hybridized carbons (Fsp3) is 0.786. The SMILES string of the molecule is C=CCC(O)C1C(=O)[C@@]2(C)CC[C@@H]1C2(C)C. The molecule has 2 aliphatic rings. The van der Waals surface area contributed by atoms with Gasteiger partial charge in [-0.2, -0.15) is 0 Å². The summed E-state index contributed by atoms with van der Waals surface area (Å²) < 4.78 is 0. The molecule has 0 saturated heterocycles. The molecule has 0 heterocycles. The summed E-state index contributed by atoms with van der Waals surface area (Å²) in [5.74, 6) is 0.467. The lowest BCUT2D eigenvalue weighted by atomic mass is 9.70. The van der Waals surface area contributed by atoms with Crippen molar-refractivity contribution < 1.29 is 9.90 Å². The van der Waals surface area contributed by atoms with Crippen LogP contribution in [0.3, 0.4) is 0 Å². The first-order valence-corrected chi connectivity index (χ1v) is 6.19. The zero-order chi connectivity index (χ0) is 12.1. The highest BCUT2D eigenvalue weighted by Crippen LogP contribution is 2.66. The summed E-state index contributed by atoms with van der Waals surface area (Å²) in [7, 11) is 0. The summed E-state index contributed by atoms with van der Waals surface area (Å²) in [6, 6.07) is 0. The van der Waals surface area contributed by atoms with E-state index in [2.05, 4.69) is 27.4 Å². The van der Waals surface area contributed by atoms with Crippen molar-refractivity contribution in [2.75, 3.05) is 0 Å². The molecule has 2 unspecified atom stereocenters. The van der Waals surface area contributed by atoms with Gasteiger partial charge in [0.25, 0.3) is 0 Å². The number of carbonyl (C=O) groups is 1. The van der Waals surface area contributed by atoms with E-state index in [1.54, 1.807) is 6.08 Å². The minimum absolute atomic E-state index is 0.0386. The second-order valence-electron chi connectivity index (χ2n) is 6.18. The van der Waals surface area contributed by atoms with E-state index >= 15 is 0 Å². The molecule has 2 saturated carbocycles. The Bertz CT molecular complexity index is 332. The lowest BCUT2D eigenvalue weighted by Crippen LogP contribution is -2.37. The summed E-state index contributed by atoms with van der Waals surface area (Å²) >= 11 is 0. The smallest absolute Gasteiger partial charge is 0.145 e. The van der Waals surface area contributed by atoms with E-state index in [9.17, 15) is 9.90 Å². The minimum atomic E-state index is -0.531.